The second kappa shape index (κ2) is 4.33. The fourth-order valence-electron chi connectivity index (χ4n) is 3.98. The fourth-order valence-corrected chi connectivity index (χ4v) is 3.98. The highest BCUT2D eigenvalue weighted by Crippen LogP contribution is 2.37. The number of hydrogen-bond acceptors (Lipinski definition) is 4. The minimum absolute atomic E-state index is 0.196. The van der Waals surface area contributed by atoms with Crippen LogP contribution in [0, 0.1) is 10.1 Å². The molecule has 0 aromatic carbocycles. The van der Waals surface area contributed by atoms with E-state index in [0.717, 1.165) is 18.9 Å². The van der Waals surface area contributed by atoms with Gasteiger partial charge in [-0.1, -0.05) is 19.3 Å². The molecule has 106 valence electrons. The molecular formula is C14H19N4O2+. The van der Waals surface area contributed by atoms with Gasteiger partial charge in [0.05, 0.1) is 17.5 Å². The summed E-state index contributed by atoms with van der Waals surface area (Å²) in [7, 11) is 0. The molecule has 1 aromatic heterocycles. The van der Waals surface area contributed by atoms with Gasteiger partial charge in [-0.2, -0.15) is 0 Å². The lowest BCUT2D eigenvalue weighted by Gasteiger charge is -2.28. The van der Waals surface area contributed by atoms with Crippen LogP contribution in [0.2, 0.25) is 0 Å². The van der Waals surface area contributed by atoms with Gasteiger partial charge in [-0.15, -0.1) is 0 Å². The van der Waals surface area contributed by atoms with Gasteiger partial charge in [0, 0.05) is 12.1 Å². The van der Waals surface area contributed by atoms with Gasteiger partial charge in [0.15, 0.2) is 0 Å². The summed E-state index contributed by atoms with van der Waals surface area (Å²) < 4.78 is 2.15. The summed E-state index contributed by atoms with van der Waals surface area (Å²) in [6, 6.07) is 4.55. The number of hydrogen-bond donors (Lipinski definition) is 1. The molecule has 0 amide bonds. The molecule has 1 atom stereocenters. The van der Waals surface area contributed by atoms with Gasteiger partial charge in [-0.25, -0.2) is 4.57 Å². The molecule has 2 aliphatic heterocycles. The van der Waals surface area contributed by atoms with Gasteiger partial charge in [0.2, 0.25) is 5.82 Å². The predicted molar refractivity (Wildman–Crippen MR) is 75.0 cm³/mol. The van der Waals surface area contributed by atoms with Gasteiger partial charge in [-0.3, -0.25) is 20.3 Å². The smallest absolute Gasteiger partial charge is 0.296 e. The zero-order valence-electron chi connectivity index (χ0n) is 11.4. The standard InChI is InChI=1S/C14H18N4O2/c19-18(20)12-6-7-13-16(10-4-2-1-3-5-10)9-11-8-15-14(12)17(11)13/h6-7,10-11H,1-5,8-9H2/p+1. The van der Waals surface area contributed by atoms with E-state index in [1.807, 2.05) is 6.07 Å². The minimum Gasteiger partial charge on any atom is -0.296 e. The molecule has 6 nitrogen and oxygen atoms in total. The van der Waals surface area contributed by atoms with Crippen molar-refractivity contribution < 1.29 is 9.49 Å². The van der Waals surface area contributed by atoms with Crippen molar-refractivity contribution >= 4 is 17.3 Å². The molecule has 4 rings (SSSR count). The third-order valence-electron chi connectivity index (χ3n) is 4.90. The van der Waals surface area contributed by atoms with Crippen LogP contribution in [0.5, 0.6) is 0 Å². The monoisotopic (exact) mass is 275 g/mol. The van der Waals surface area contributed by atoms with E-state index in [4.69, 9.17) is 0 Å². The van der Waals surface area contributed by atoms with Gasteiger partial charge >= 0.3 is 11.5 Å². The predicted octanol–water partition coefficient (Wildman–Crippen LogP) is 2.00. The summed E-state index contributed by atoms with van der Waals surface area (Å²) >= 11 is 0. The van der Waals surface area contributed by atoms with Gasteiger partial charge in [-0.05, 0) is 12.8 Å². The maximum Gasteiger partial charge on any atom is 0.341 e. The van der Waals surface area contributed by atoms with Crippen LogP contribution in [0.1, 0.15) is 38.1 Å². The second-order valence-electron chi connectivity index (χ2n) is 6.03. The van der Waals surface area contributed by atoms with Crippen molar-refractivity contribution in [1.82, 2.24) is 0 Å². The average molecular weight is 275 g/mol. The number of aromatic nitrogens is 1. The van der Waals surface area contributed by atoms with Crippen LogP contribution in [0.4, 0.5) is 17.3 Å². The Morgan fingerprint density at radius 3 is 2.85 bits per heavy atom. The van der Waals surface area contributed by atoms with Crippen molar-refractivity contribution in [2.24, 2.45) is 0 Å². The van der Waals surface area contributed by atoms with E-state index in [9.17, 15) is 10.1 Å². The molecule has 1 aromatic rings. The summed E-state index contributed by atoms with van der Waals surface area (Å²) in [5.41, 5.74) is 0.196. The van der Waals surface area contributed by atoms with E-state index in [0.29, 0.717) is 17.9 Å². The Balaban J connectivity index is 1.74. The maximum atomic E-state index is 11.1. The molecular weight excluding hydrogens is 256 g/mol. The SMILES string of the molecule is O=[N+]([O-])c1ccc2[n+]3c1NCC3CN2C1CCCCC1. The first-order valence-electron chi connectivity index (χ1n) is 7.49. The van der Waals surface area contributed by atoms with Gasteiger partial charge < -0.3 is 0 Å². The van der Waals surface area contributed by atoms with Crippen LogP contribution in [-0.2, 0) is 0 Å². The molecule has 0 saturated heterocycles. The zero-order chi connectivity index (χ0) is 13.7. The van der Waals surface area contributed by atoms with E-state index in [1.54, 1.807) is 6.07 Å². The highest BCUT2D eigenvalue weighted by molar-refractivity contribution is 5.58. The molecule has 1 unspecified atom stereocenters. The van der Waals surface area contributed by atoms with Crippen LogP contribution < -0.4 is 14.8 Å². The molecule has 1 saturated carbocycles. The average Bonchev–Trinajstić information content (AvgIpc) is 3.05. The number of anilines is 2. The largest absolute Gasteiger partial charge is 0.341 e. The van der Waals surface area contributed by atoms with Crippen LogP contribution in [0.15, 0.2) is 12.1 Å². The second-order valence-corrected chi connectivity index (χ2v) is 6.03. The number of nitro groups is 1. The molecule has 1 fully saturated rings. The van der Waals surface area contributed by atoms with Gasteiger partial charge in [0.25, 0.3) is 0 Å². The van der Waals surface area contributed by atoms with Crippen LogP contribution in [-0.4, -0.2) is 24.1 Å². The molecule has 3 aliphatic rings. The van der Waals surface area contributed by atoms with Crippen molar-refractivity contribution in [3.8, 4) is 0 Å². The Hall–Kier alpha value is -1.85. The van der Waals surface area contributed by atoms with Crippen LogP contribution in [0.3, 0.4) is 0 Å². The van der Waals surface area contributed by atoms with Crippen molar-refractivity contribution in [2.45, 2.75) is 44.2 Å². The van der Waals surface area contributed by atoms with E-state index < -0.39 is 0 Å². The van der Waals surface area contributed by atoms with Crippen LogP contribution in [0.25, 0.3) is 0 Å². The summed E-state index contributed by atoms with van der Waals surface area (Å²) in [5.74, 6) is 1.85. The number of nitrogens with one attached hydrogen (secondary N) is 1. The Morgan fingerprint density at radius 1 is 1.30 bits per heavy atom. The third-order valence-corrected chi connectivity index (χ3v) is 4.90. The van der Waals surface area contributed by atoms with Crippen LogP contribution >= 0.6 is 0 Å². The number of nitrogens with zero attached hydrogens (tertiary/aromatic N) is 3. The zero-order valence-corrected chi connectivity index (χ0v) is 11.4. The lowest BCUT2D eigenvalue weighted by Crippen LogP contribution is -2.37. The van der Waals surface area contributed by atoms with Crippen molar-refractivity contribution in [2.75, 3.05) is 23.3 Å². The van der Waals surface area contributed by atoms with E-state index in [-0.39, 0.29) is 10.6 Å². The first-order valence-corrected chi connectivity index (χ1v) is 7.49. The molecule has 3 heterocycles. The van der Waals surface area contributed by atoms with E-state index in [1.165, 1.54) is 32.1 Å². The van der Waals surface area contributed by atoms with E-state index >= 15 is 0 Å². The minimum atomic E-state index is -0.290. The van der Waals surface area contributed by atoms with E-state index in [2.05, 4.69) is 14.8 Å². The maximum absolute atomic E-state index is 11.1. The summed E-state index contributed by atoms with van der Waals surface area (Å²) in [4.78, 5) is 13.3. The summed E-state index contributed by atoms with van der Waals surface area (Å²) in [6.45, 7) is 1.80. The molecule has 6 heteroatoms. The lowest BCUT2D eigenvalue weighted by molar-refractivity contribution is -0.672. The molecule has 0 spiro atoms. The Labute approximate surface area is 117 Å². The van der Waals surface area contributed by atoms with Crippen molar-refractivity contribution in [3.05, 3.63) is 22.2 Å². The summed E-state index contributed by atoms with van der Waals surface area (Å²) in [5, 5.41) is 14.3. The first kappa shape index (κ1) is 11.9. The topological polar surface area (TPSA) is 62.3 Å². The molecule has 1 aliphatic carbocycles. The number of pyridine rings is 1. The van der Waals surface area contributed by atoms with Gasteiger partial charge in [0.1, 0.15) is 12.6 Å². The number of rotatable bonds is 2. The highest BCUT2D eigenvalue weighted by atomic mass is 16.6. The molecule has 0 radical (unpaired) electrons. The lowest BCUT2D eigenvalue weighted by atomic mass is 9.94. The normalized spacial score (nSPS) is 24.6. The highest BCUT2D eigenvalue weighted by Gasteiger charge is 2.46. The third kappa shape index (κ3) is 1.60. The Bertz CT molecular complexity index is 569. The first-order chi connectivity index (χ1) is 9.75. The quantitative estimate of drug-likeness (QED) is 0.509. The van der Waals surface area contributed by atoms with Crippen molar-refractivity contribution in [3.63, 3.8) is 0 Å². The Kier molecular flexibility index (Phi) is 2.58. The molecule has 20 heavy (non-hydrogen) atoms. The fraction of sp³-hybridized carbons (Fsp3) is 0.643. The molecule has 0 bridgehead atoms. The molecule has 1 N–H and O–H groups in total. The summed E-state index contributed by atoms with van der Waals surface area (Å²) in [6.07, 6.45) is 6.48. The van der Waals surface area contributed by atoms with Crippen molar-refractivity contribution in [1.29, 1.82) is 0 Å². The Morgan fingerprint density at radius 2 is 2.10 bits per heavy atom.